The minimum absolute atomic E-state index is 0.161. The van der Waals surface area contributed by atoms with Crippen LogP contribution in [-0.2, 0) is 9.59 Å². The number of aliphatic carboxylic acids is 1. The molecule has 0 rings (SSSR count). The smallest absolute Gasteiger partial charge is 0.422 e. The van der Waals surface area contributed by atoms with Gasteiger partial charge in [0.2, 0.25) is 11.4 Å². The van der Waals surface area contributed by atoms with Gasteiger partial charge in [0.15, 0.2) is 0 Å². The normalized spacial score (nSPS) is 16.8. The summed E-state index contributed by atoms with van der Waals surface area (Å²) in [6.45, 7) is 2.12. The maximum Gasteiger partial charge on any atom is 0.422 e. The van der Waals surface area contributed by atoms with E-state index in [-0.39, 0.29) is 12.5 Å². The van der Waals surface area contributed by atoms with E-state index in [4.69, 9.17) is 10.8 Å². The van der Waals surface area contributed by atoms with Crippen molar-refractivity contribution in [3.8, 4) is 0 Å². The summed E-state index contributed by atoms with van der Waals surface area (Å²) in [5.74, 6) is -3.10. The maximum atomic E-state index is 12.6. The zero-order chi connectivity index (χ0) is 14.6. The SMILES string of the molecule is CC(N)CCCC(=O)NC(C)(C(=O)O)C(F)(F)F. The Morgan fingerprint density at radius 1 is 1.39 bits per heavy atom. The van der Waals surface area contributed by atoms with Crippen LogP contribution >= 0.6 is 0 Å². The number of hydrogen-bond donors (Lipinski definition) is 3. The Morgan fingerprint density at radius 2 is 1.89 bits per heavy atom. The molecule has 0 aromatic rings. The van der Waals surface area contributed by atoms with Crippen molar-refractivity contribution in [3.05, 3.63) is 0 Å². The molecule has 0 bridgehead atoms. The molecule has 0 heterocycles. The van der Waals surface area contributed by atoms with Crippen LogP contribution < -0.4 is 11.1 Å². The highest BCUT2D eigenvalue weighted by Gasteiger charge is 2.58. The van der Waals surface area contributed by atoms with Gasteiger partial charge in [0.1, 0.15) is 0 Å². The molecule has 2 unspecified atom stereocenters. The van der Waals surface area contributed by atoms with E-state index in [1.165, 1.54) is 5.32 Å². The van der Waals surface area contributed by atoms with E-state index in [0.717, 1.165) is 0 Å². The number of carboxylic acids is 1. The van der Waals surface area contributed by atoms with Gasteiger partial charge in [0, 0.05) is 12.5 Å². The van der Waals surface area contributed by atoms with Crippen LogP contribution in [0.2, 0.25) is 0 Å². The van der Waals surface area contributed by atoms with Crippen LogP contribution in [0.1, 0.15) is 33.1 Å². The second kappa shape index (κ2) is 6.03. The quantitative estimate of drug-likeness (QED) is 0.672. The Bertz CT molecular complexity index is 318. The topological polar surface area (TPSA) is 92.4 Å². The van der Waals surface area contributed by atoms with Gasteiger partial charge in [-0.25, -0.2) is 4.79 Å². The lowest BCUT2D eigenvalue weighted by Gasteiger charge is -2.28. The molecule has 5 nitrogen and oxygen atoms in total. The Balaban J connectivity index is 4.53. The molecule has 0 radical (unpaired) electrons. The van der Waals surface area contributed by atoms with Gasteiger partial charge in [-0.1, -0.05) is 0 Å². The molecule has 0 aliphatic heterocycles. The summed E-state index contributed by atoms with van der Waals surface area (Å²) in [4.78, 5) is 21.9. The molecule has 0 spiro atoms. The Kier molecular flexibility index (Phi) is 5.59. The number of amides is 1. The molecule has 18 heavy (non-hydrogen) atoms. The number of nitrogens with two attached hydrogens (primary N) is 1. The number of carbonyl (C=O) groups excluding carboxylic acids is 1. The number of carbonyl (C=O) groups is 2. The van der Waals surface area contributed by atoms with E-state index in [1.807, 2.05) is 0 Å². The van der Waals surface area contributed by atoms with Gasteiger partial charge in [-0.15, -0.1) is 0 Å². The zero-order valence-corrected chi connectivity index (χ0v) is 10.2. The Labute approximate surface area is 103 Å². The Morgan fingerprint density at radius 3 is 2.22 bits per heavy atom. The minimum atomic E-state index is -5.06. The predicted octanol–water partition coefficient (Wildman–Crippen LogP) is 1.03. The Hall–Kier alpha value is -1.31. The molecule has 8 heteroatoms. The first-order chi connectivity index (χ1) is 8.00. The summed E-state index contributed by atoms with van der Waals surface area (Å²) in [6.07, 6.45) is -4.48. The molecule has 4 N–H and O–H groups in total. The van der Waals surface area contributed by atoms with E-state index < -0.39 is 23.6 Å². The fraction of sp³-hybridized carbons (Fsp3) is 0.800. The average Bonchev–Trinajstić information content (AvgIpc) is 2.14. The summed E-state index contributed by atoms with van der Waals surface area (Å²) in [6, 6.07) is -0.161. The van der Waals surface area contributed by atoms with E-state index in [9.17, 15) is 22.8 Å². The first kappa shape index (κ1) is 16.7. The molecule has 0 saturated heterocycles. The molecule has 0 aromatic heterocycles. The third-order valence-electron chi connectivity index (χ3n) is 2.45. The monoisotopic (exact) mass is 270 g/mol. The van der Waals surface area contributed by atoms with Crippen molar-refractivity contribution >= 4 is 11.9 Å². The van der Waals surface area contributed by atoms with Crippen LogP contribution in [-0.4, -0.2) is 34.7 Å². The van der Waals surface area contributed by atoms with Crippen LogP contribution in [0.25, 0.3) is 0 Å². The molecular formula is C10H17F3N2O3. The average molecular weight is 270 g/mol. The van der Waals surface area contributed by atoms with Gasteiger partial charge in [0.05, 0.1) is 0 Å². The summed E-state index contributed by atoms with van der Waals surface area (Å²) in [7, 11) is 0. The second-order valence-electron chi connectivity index (χ2n) is 4.35. The van der Waals surface area contributed by atoms with Crippen LogP contribution in [0.4, 0.5) is 13.2 Å². The van der Waals surface area contributed by atoms with Crippen molar-refractivity contribution in [2.45, 2.75) is 50.9 Å². The molecule has 1 amide bonds. The minimum Gasteiger partial charge on any atom is -0.479 e. The summed E-state index contributed by atoms with van der Waals surface area (Å²) >= 11 is 0. The van der Waals surface area contributed by atoms with Crippen molar-refractivity contribution < 1.29 is 27.9 Å². The molecule has 0 aliphatic carbocycles. The largest absolute Gasteiger partial charge is 0.479 e. The molecule has 0 saturated carbocycles. The van der Waals surface area contributed by atoms with E-state index in [1.54, 1.807) is 6.92 Å². The summed E-state index contributed by atoms with van der Waals surface area (Å²) in [5, 5.41) is 10.1. The van der Waals surface area contributed by atoms with Gasteiger partial charge in [-0.05, 0) is 26.7 Å². The van der Waals surface area contributed by atoms with Crippen molar-refractivity contribution in [3.63, 3.8) is 0 Å². The number of rotatable bonds is 6. The second-order valence-corrected chi connectivity index (χ2v) is 4.35. The number of carboxylic acid groups (broad SMARTS) is 1. The number of halogens is 3. The standard InChI is InChI=1S/C10H17F3N2O3/c1-6(14)4-3-5-7(16)15-9(2,8(17)18)10(11,12)13/h6H,3-5,14H2,1-2H3,(H,15,16)(H,17,18). The van der Waals surface area contributed by atoms with E-state index >= 15 is 0 Å². The third kappa shape index (κ3) is 4.52. The highest BCUT2D eigenvalue weighted by Crippen LogP contribution is 2.30. The number of hydrogen-bond acceptors (Lipinski definition) is 3. The highest BCUT2D eigenvalue weighted by molar-refractivity contribution is 5.87. The highest BCUT2D eigenvalue weighted by atomic mass is 19.4. The van der Waals surface area contributed by atoms with Crippen LogP contribution in [0, 0.1) is 0 Å². The van der Waals surface area contributed by atoms with Gasteiger partial charge in [0.25, 0.3) is 0 Å². The first-order valence-electron chi connectivity index (χ1n) is 5.37. The van der Waals surface area contributed by atoms with Gasteiger partial charge in [-0.3, -0.25) is 4.79 Å². The summed E-state index contributed by atoms with van der Waals surface area (Å²) in [5.41, 5.74) is 2.15. The third-order valence-corrected chi connectivity index (χ3v) is 2.45. The number of nitrogens with one attached hydrogen (secondary N) is 1. The van der Waals surface area contributed by atoms with Crippen molar-refractivity contribution in [2.75, 3.05) is 0 Å². The van der Waals surface area contributed by atoms with Gasteiger partial charge >= 0.3 is 12.1 Å². The van der Waals surface area contributed by atoms with Crippen LogP contribution in [0.5, 0.6) is 0 Å². The predicted molar refractivity (Wildman–Crippen MR) is 57.7 cm³/mol. The lowest BCUT2D eigenvalue weighted by molar-refractivity contribution is -0.207. The molecule has 0 aliphatic rings. The molecule has 0 aromatic carbocycles. The van der Waals surface area contributed by atoms with E-state index in [0.29, 0.717) is 19.8 Å². The molecule has 106 valence electrons. The molecule has 0 fully saturated rings. The maximum absolute atomic E-state index is 12.6. The fourth-order valence-corrected chi connectivity index (χ4v) is 1.17. The van der Waals surface area contributed by atoms with Crippen LogP contribution in [0.3, 0.4) is 0 Å². The van der Waals surface area contributed by atoms with Gasteiger partial charge in [-0.2, -0.15) is 13.2 Å². The lowest BCUT2D eigenvalue weighted by atomic mass is 10.0. The first-order valence-corrected chi connectivity index (χ1v) is 5.37. The molecular weight excluding hydrogens is 253 g/mol. The lowest BCUT2D eigenvalue weighted by Crippen LogP contribution is -2.61. The van der Waals surface area contributed by atoms with Crippen molar-refractivity contribution in [1.82, 2.24) is 5.32 Å². The molecule has 2 atom stereocenters. The summed E-state index contributed by atoms with van der Waals surface area (Å²) < 4.78 is 37.7. The number of alkyl halides is 3. The van der Waals surface area contributed by atoms with Gasteiger partial charge < -0.3 is 16.2 Å². The van der Waals surface area contributed by atoms with Crippen molar-refractivity contribution in [2.24, 2.45) is 5.73 Å². The van der Waals surface area contributed by atoms with Crippen molar-refractivity contribution in [1.29, 1.82) is 0 Å². The van der Waals surface area contributed by atoms with Crippen LogP contribution in [0.15, 0.2) is 0 Å². The fourth-order valence-electron chi connectivity index (χ4n) is 1.17. The van der Waals surface area contributed by atoms with E-state index in [2.05, 4.69) is 0 Å². The zero-order valence-electron chi connectivity index (χ0n) is 10.2.